The van der Waals surface area contributed by atoms with Gasteiger partial charge in [0.25, 0.3) is 0 Å². The van der Waals surface area contributed by atoms with Crippen molar-refractivity contribution in [2.45, 2.75) is 70.9 Å². The molecule has 1 aliphatic carbocycles. The van der Waals surface area contributed by atoms with E-state index in [1.807, 2.05) is 0 Å². The highest BCUT2D eigenvalue weighted by Gasteiger charge is 2.42. The number of hydrogen-bond donors (Lipinski definition) is 1. The van der Waals surface area contributed by atoms with Gasteiger partial charge in [0.05, 0.1) is 6.07 Å². The van der Waals surface area contributed by atoms with Crippen molar-refractivity contribution >= 4 is 0 Å². The summed E-state index contributed by atoms with van der Waals surface area (Å²) in [7, 11) is 0. The summed E-state index contributed by atoms with van der Waals surface area (Å²) in [5.74, 6) is 0.450. The molecule has 0 aromatic heterocycles. The lowest BCUT2D eigenvalue weighted by Crippen LogP contribution is -2.50. The number of ether oxygens (including phenoxy) is 1. The predicted octanol–water partition coefficient (Wildman–Crippen LogP) is 3.25. The minimum Gasteiger partial charge on any atom is -0.381 e. The molecule has 3 heteroatoms. The first-order valence-electron chi connectivity index (χ1n) is 7.41. The third-order valence-corrected chi connectivity index (χ3v) is 3.82. The molecule has 2 unspecified atom stereocenters. The third kappa shape index (κ3) is 4.26. The molecule has 0 aliphatic heterocycles. The van der Waals surface area contributed by atoms with Gasteiger partial charge < -0.3 is 4.74 Å². The Morgan fingerprint density at radius 3 is 2.83 bits per heavy atom. The quantitative estimate of drug-likeness (QED) is 0.674. The van der Waals surface area contributed by atoms with Crippen LogP contribution in [0.5, 0.6) is 0 Å². The Morgan fingerprint density at radius 1 is 1.44 bits per heavy atom. The lowest BCUT2D eigenvalue weighted by molar-refractivity contribution is 0.108. The van der Waals surface area contributed by atoms with E-state index in [9.17, 15) is 5.26 Å². The first-order valence-corrected chi connectivity index (χ1v) is 7.41. The van der Waals surface area contributed by atoms with E-state index in [0.717, 1.165) is 45.3 Å². The van der Waals surface area contributed by atoms with Gasteiger partial charge in [-0.05, 0) is 45.4 Å². The van der Waals surface area contributed by atoms with E-state index >= 15 is 0 Å². The fraction of sp³-hybridized carbons (Fsp3) is 0.933. The largest absolute Gasteiger partial charge is 0.381 e. The topological polar surface area (TPSA) is 45.0 Å². The van der Waals surface area contributed by atoms with Crippen molar-refractivity contribution in [3.05, 3.63) is 0 Å². The fourth-order valence-electron chi connectivity index (χ4n) is 2.93. The highest BCUT2D eigenvalue weighted by atomic mass is 16.5. The van der Waals surface area contributed by atoms with Crippen molar-refractivity contribution < 1.29 is 4.74 Å². The second kappa shape index (κ2) is 7.76. The summed E-state index contributed by atoms with van der Waals surface area (Å²) in [4.78, 5) is 0. The highest BCUT2D eigenvalue weighted by Crippen LogP contribution is 2.37. The summed E-state index contributed by atoms with van der Waals surface area (Å²) in [5, 5.41) is 13.0. The number of rotatable bonds is 8. The molecule has 0 aromatic rings. The van der Waals surface area contributed by atoms with E-state index in [1.54, 1.807) is 0 Å². The maximum absolute atomic E-state index is 9.52. The van der Waals surface area contributed by atoms with Crippen LogP contribution >= 0.6 is 0 Å². The van der Waals surface area contributed by atoms with Crippen LogP contribution in [0.15, 0.2) is 0 Å². The summed E-state index contributed by atoms with van der Waals surface area (Å²) in [6, 6.07) is 2.91. The molecule has 0 bridgehead atoms. The van der Waals surface area contributed by atoms with Gasteiger partial charge in [0.2, 0.25) is 0 Å². The number of hydrogen-bond acceptors (Lipinski definition) is 3. The zero-order valence-corrected chi connectivity index (χ0v) is 12.2. The van der Waals surface area contributed by atoms with Crippen LogP contribution < -0.4 is 5.32 Å². The van der Waals surface area contributed by atoms with Crippen molar-refractivity contribution in [3.63, 3.8) is 0 Å². The Morgan fingerprint density at radius 2 is 2.22 bits per heavy atom. The maximum atomic E-state index is 9.52. The summed E-state index contributed by atoms with van der Waals surface area (Å²) >= 11 is 0. The summed E-state index contributed by atoms with van der Waals surface area (Å²) < 4.78 is 5.64. The second-order valence-corrected chi connectivity index (χ2v) is 5.73. The Hall–Kier alpha value is -0.590. The summed E-state index contributed by atoms with van der Waals surface area (Å²) in [6.45, 7) is 8.07. The van der Waals surface area contributed by atoms with Gasteiger partial charge in [-0.2, -0.15) is 5.26 Å². The summed E-state index contributed by atoms with van der Waals surface area (Å²) in [5.41, 5.74) is -0.303. The first-order chi connectivity index (χ1) is 8.64. The Bertz CT molecular complexity index is 272. The van der Waals surface area contributed by atoms with Crippen LogP contribution in [0.25, 0.3) is 0 Å². The van der Waals surface area contributed by atoms with Crippen LogP contribution in [-0.2, 0) is 4.74 Å². The molecule has 0 radical (unpaired) electrons. The number of unbranched alkanes of at least 4 members (excludes halogenated alkanes) is 1. The Labute approximate surface area is 112 Å². The van der Waals surface area contributed by atoms with Crippen LogP contribution in [0.4, 0.5) is 0 Å². The molecule has 2 atom stereocenters. The van der Waals surface area contributed by atoms with Gasteiger partial charge in [-0.25, -0.2) is 0 Å². The standard InChI is InChI=1S/C15H28N2O/c1-4-5-10-18-11-8-14-7-6-9-15(14,12-16)17-13(2)3/h13-14,17H,4-11H2,1-3H3. The van der Waals surface area contributed by atoms with E-state index in [-0.39, 0.29) is 5.54 Å². The van der Waals surface area contributed by atoms with Gasteiger partial charge in [0, 0.05) is 19.3 Å². The van der Waals surface area contributed by atoms with E-state index in [2.05, 4.69) is 32.2 Å². The molecule has 0 spiro atoms. The monoisotopic (exact) mass is 252 g/mol. The lowest BCUT2D eigenvalue weighted by atomic mass is 9.85. The molecular weight excluding hydrogens is 224 g/mol. The molecule has 1 rings (SSSR count). The molecule has 0 heterocycles. The molecule has 18 heavy (non-hydrogen) atoms. The molecule has 3 nitrogen and oxygen atoms in total. The number of nitriles is 1. The molecule has 0 amide bonds. The molecular formula is C15H28N2O. The predicted molar refractivity (Wildman–Crippen MR) is 74.3 cm³/mol. The van der Waals surface area contributed by atoms with Crippen LogP contribution in [0.2, 0.25) is 0 Å². The average molecular weight is 252 g/mol. The zero-order valence-electron chi connectivity index (χ0n) is 12.2. The van der Waals surface area contributed by atoms with Gasteiger partial charge in [-0.1, -0.05) is 19.8 Å². The normalized spacial score (nSPS) is 27.6. The number of nitrogens with zero attached hydrogens (tertiary/aromatic N) is 1. The van der Waals surface area contributed by atoms with Crippen LogP contribution in [-0.4, -0.2) is 24.8 Å². The fourth-order valence-corrected chi connectivity index (χ4v) is 2.93. The van der Waals surface area contributed by atoms with E-state index in [1.165, 1.54) is 6.42 Å². The maximum Gasteiger partial charge on any atom is 0.109 e. The molecule has 0 aromatic carbocycles. The molecule has 1 fully saturated rings. The molecule has 1 aliphatic rings. The van der Waals surface area contributed by atoms with Crippen molar-refractivity contribution in [3.8, 4) is 6.07 Å². The minimum absolute atomic E-state index is 0.303. The first kappa shape index (κ1) is 15.5. The van der Waals surface area contributed by atoms with Crippen LogP contribution in [0.1, 0.15) is 59.3 Å². The molecule has 0 saturated heterocycles. The smallest absolute Gasteiger partial charge is 0.109 e. The van der Waals surface area contributed by atoms with Gasteiger partial charge in [-0.15, -0.1) is 0 Å². The highest BCUT2D eigenvalue weighted by molar-refractivity contribution is 5.14. The van der Waals surface area contributed by atoms with Gasteiger partial charge >= 0.3 is 0 Å². The van der Waals surface area contributed by atoms with Gasteiger partial charge in [0.1, 0.15) is 5.54 Å². The van der Waals surface area contributed by atoms with E-state index < -0.39 is 0 Å². The van der Waals surface area contributed by atoms with Crippen LogP contribution in [0.3, 0.4) is 0 Å². The second-order valence-electron chi connectivity index (χ2n) is 5.73. The van der Waals surface area contributed by atoms with Crippen molar-refractivity contribution in [1.82, 2.24) is 5.32 Å². The van der Waals surface area contributed by atoms with E-state index in [0.29, 0.717) is 12.0 Å². The summed E-state index contributed by atoms with van der Waals surface area (Å²) in [6.07, 6.45) is 6.63. The van der Waals surface area contributed by atoms with Gasteiger partial charge in [-0.3, -0.25) is 5.32 Å². The molecule has 1 N–H and O–H groups in total. The Balaban J connectivity index is 2.40. The van der Waals surface area contributed by atoms with Crippen LogP contribution in [0, 0.1) is 17.2 Å². The van der Waals surface area contributed by atoms with Crippen molar-refractivity contribution in [2.24, 2.45) is 5.92 Å². The Kier molecular flexibility index (Phi) is 6.67. The van der Waals surface area contributed by atoms with E-state index in [4.69, 9.17) is 4.74 Å². The van der Waals surface area contributed by atoms with Crippen molar-refractivity contribution in [1.29, 1.82) is 5.26 Å². The third-order valence-electron chi connectivity index (χ3n) is 3.82. The lowest BCUT2D eigenvalue weighted by Gasteiger charge is -2.32. The van der Waals surface area contributed by atoms with Gasteiger partial charge in [0.15, 0.2) is 0 Å². The molecule has 104 valence electrons. The minimum atomic E-state index is -0.303. The molecule has 1 saturated carbocycles. The SMILES string of the molecule is CCCCOCCC1CCCC1(C#N)NC(C)C. The average Bonchev–Trinajstić information content (AvgIpc) is 2.72. The van der Waals surface area contributed by atoms with Crippen molar-refractivity contribution in [2.75, 3.05) is 13.2 Å². The zero-order chi connectivity index (χ0) is 13.4. The number of nitrogens with one attached hydrogen (secondary N) is 1.